The fourth-order valence-corrected chi connectivity index (χ4v) is 2.42. The van der Waals surface area contributed by atoms with Crippen LogP contribution in [0.1, 0.15) is 44.2 Å². The Hall–Kier alpha value is -1.05. The smallest absolute Gasteiger partial charge is 0.123 e. The topological polar surface area (TPSA) is 38.9 Å². The molecule has 2 heteroatoms. The number of anilines is 1. The molecule has 2 rings (SSSR count). The van der Waals surface area contributed by atoms with Gasteiger partial charge < -0.3 is 5.73 Å². The highest BCUT2D eigenvalue weighted by molar-refractivity contribution is 5.30. The highest BCUT2D eigenvalue weighted by Gasteiger charge is 2.23. The van der Waals surface area contributed by atoms with E-state index >= 15 is 0 Å². The van der Waals surface area contributed by atoms with Gasteiger partial charge in [0.2, 0.25) is 0 Å². The third-order valence-corrected chi connectivity index (χ3v) is 3.37. The van der Waals surface area contributed by atoms with Gasteiger partial charge in [-0.2, -0.15) is 0 Å². The molecule has 0 radical (unpaired) electrons. The Labute approximate surface area is 85.5 Å². The molecule has 1 aromatic heterocycles. The Morgan fingerprint density at radius 1 is 1.36 bits per heavy atom. The number of nitrogens with zero attached hydrogens (tertiary/aromatic N) is 1. The van der Waals surface area contributed by atoms with Crippen molar-refractivity contribution in [3.05, 3.63) is 23.9 Å². The molecule has 0 amide bonds. The molecule has 0 spiro atoms. The quantitative estimate of drug-likeness (QED) is 0.778. The van der Waals surface area contributed by atoms with Gasteiger partial charge in [-0.05, 0) is 30.9 Å². The van der Waals surface area contributed by atoms with Crippen molar-refractivity contribution < 1.29 is 0 Å². The summed E-state index contributed by atoms with van der Waals surface area (Å²) in [5, 5.41) is 0. The lowest BCUT2D eigenvalue weighted by Gasteiger charge is -2.18. The number of nitrogen functional groups attached to an aromatic ring is 1. The van der Waals surface area contributed by atoms with Crippen LogP contribution in [0.2, 0.25) is 0 Å². The molecule has 2 nitrogen and oxygen atoms in total. The number of aromatic nitrogens is 1. The number of hydrogen-bond donors (Lipinski definition) is 1. The van der Waals surface area contributed by atoms with Crippen molar-refractivity contribution in [3.63, 3.8) is 0 Å². The first-order valence-electron chi connectivity index (χ1n) is 5.50. The first-order valence-corrected chi connectivity index (χ1v) is 5.50. The van der Waals surface area contributed by atoms with Gasteiger partial charge in [0.15, 0.2) is 0 Å². The maximum atomic E-state index is 5.68. The molecule has 1 heterocycles. The number of nitrogens with two attached hydrogens (primary N) is 1. The molecule has 2 N–H and O–H groups in total. The van der Waals surface area contributed by atoms with Crippen molar-refractivity contribution in [1.82, 2.24) is 4.98 Å². The third-order valence-electron chi connectivity index (χ3n) is 3.37. The molecular formula is C12H18N2. The van der Waals surface area contributed by atoms with Gasteiger partial charge in [0.1, 0.15) is 5.82 Å². The van der Waals surface area contributed by atoms with Gasteiger partial charge in [0, 0.05) is 11.6 Å². The lowest BCUT2D eigenvalue weighted by atomic mass is 9.89. The maximum Gasteiger partial charge on any atom is 0.123 e. The Balaban J connectivity index is 2.13. The fraction of sp³-hybridized carbons (Fsp3) is 0.583. The monoisotopic (exact) mass is 190 g/mol. The summed E-state index contributed by atoms with van der Waals surface area (Å²) in [5.74, 6) is 2.04. The standard InChI is InChI=1S/C12H18N2/c1-9(10-5-2-3-6-10)11-7-4-8-12(13)14-11/h4,7-10H,2-3,5-6H2,1H3,(H2,13,14). The highest BCUT2D eigenvalue weighted by Crippen LogP contribution is 2.36. The van der Waals surface area contributed by atoms with Crippen LogP contribution in [-0.4, -0.2) is 4.98 Å². The van der Waals surface area contributed by atoms with Gasteiger partial charge in [-0.1, -0.05) is 25.8 Å². The van der Waals surface area contributed by atoms with Gasteiger partial charge in [-0.3, -0.25) is 0 Å². The van der Waals surface area contributed by atoms with E-state index in [0.29, 0.717) is 11.7 Å². The van der Waals surface area contributed by atoms with Crippen molar-refractivity contribution in [2.75, 3.05) is 5.73 Å². The number of pyridine rings is 1. The van der Waals surface area contributed by atoms with E-state index in [0.717, 1.165) is 11.6 Å². The molecule has 0 aliphatic heterocycles. The van der Waals surface area contributed by atoms with Crippen LogP contribution in [0.4, 0.5) is 5.82 Å². The van der Waals surface area contributed by atoms with Crippen molar-refractivity contribution in [2.24, 2.45) is 5.92 Å². The lowest BCUT2D eigenvalue weighted by molar-refractivity contribution is 0.453. The summed E-state index contributed by atoms with van der Waals surface area (Å²) in [6.45, 7) is 2.28. The molecule has 1 unspecified atom stereocenters. The maximum absolute atomic E-state index is 5.68. The summed E-state index contributed by atoms with van der Waals surface area (Å²) in [6, 6.07) is 5.95. The van der Waals surface area contributed by atoms with Gasteiger partial charge >= 0.3 is 0 Å². The Kier molecular flexibility index (Phi) is 2.71. The summed E-state index contributed by atoms with van der Waals surface area (Å²) in [7, 11) is 0. The van der Waals surface area contributed by atoms with E-state index in [1.165, 1.54) is 25.7 Å². The zero-order chi connectivity index (χ0) is 9.97. The van der Waals surface area contributed by atoms with Crippen LogP contribution in [0.15, 0.2) is 18.2 Å². The minimum absolute atomic E-state index is 0.570. The van der Waals surface area contributed by atoms with E-state index in [4.69, 9.17) is 5.73 Å². The zero-order valence-corrected chi connectivity index (χ0v) is 8.74. The van der Waals surface area contributed by atoms with Gasteiger partial charge in [-0.15, -0.1) is 0 Å². The van der Waals surface area contributed by atoms with Crippen LogP contribution >= 0.6 is 0 Å². The Morgan fingerprint density at radius 2 is 2.07 bits per heavy atom. The second kappa shape index (κ2) is 3.99. The van der Waals surface area contributed by atoms with Crippen molar-refractivity contribution in [3.8, 4) is 0 Å². The van der Waals surface area contributed by atoms with Crippen LogP contribution in [0.25, 0.3) is 0 Å². The zero-order valence-electron chi connectivity index (χ0n) is 8.74. The summed E-state index contributed by atoms with van der Waals surface area (Å²) in [4.78, 5) is 4.40. The van der Waals surface area contributed by atoms with E-state index in [-0.39, 0.29) is 0 Å². The molecule has 0 aromatic carbocycles. The highest BCUT2D eigenvalue weighted by atomic mass is 14.8. The largest absolute Gasteiger partial charge is 0.384 e. The van der Waals surface area contributed by atoms with Crippen LogP contribution < -0.4 is 5.73 Å². The van der Waals surface area contributed by atoms with Crippen LogP contribution in [0.3, 0.4) is 0 Å². The minimum Gasteiger partial charge on any atom is -0.384 e. The van der Waals surface area contributed by atoms with E-state index in [9.17, 15) is 0 Å². The Bertz CT molecular complexity index is 303. The van der Waals surface area contributed by atoms with E-state index in [2.05, 4.69) is 18.0 Å². The van der Waals surface area contributed by atoms with E-state index in [1.807, 2.05) is 12.1 Å². The molecule has 1 aliphatic rings. The second-order valence-corrected chi connectivity index (χ2v) is 4.32. The normalized spacial score (nSPS) is 19.8. The number of hydrogen-bond acceptors (Lipinski definition) is 2. The van der Waals surface area contributed by atoms with Crippen LogP contribution in [0, 0.1) is 5.92 Å². The molecule has 0 bridgehead atoms. The molecule has 1 aliphatic carbocycles. The van der Waals surface area contributed by atoms with Crippen molar-refractivity contribution >= 4 is 5.82 Å². The molecular weight excluding hydrogens is 172 g/mol. The summed E-state index contributed by atoms with van der Waals surface area (Å²) in [6.07, 6.45) is 5.49. The second-order valence-electron chi connectivity index (χ2n) is 4.32. The third kappa shape index (κ3) is 1.89. The van der Waals surface area contributed by atoms with Crippen molar-refractivity contribution in [1.29, 1.82) is 0 Å². The molecule has 14 heavy (non-hydrogen) atoms. The Morgan fingerprint density at radius 3 is 2.71 bits per heavy atom. The predicted octanol–water partition coefficient (Wildman–Crippen LogP) is 2.96. The van der Waals surface area contributed by atoms with Gasteiger partial charge in [0.05, 0.1) is 0 Å². The fourth-order valence-electron chi connectivity index (χ4n) is 2.42. The molecule has 76 valence electrons. The summed E-state index contributed by atoms with van der Waals surface area (Å²) in [5.41, 5.74) is 6.85. The first kappa shape index (κ1) is 9.50. The van der Waals surface area contributed by atoms with Crippen LogP contribution in [0.5, 0.6) is 0 Å². The lowest BCUT2D eigenvalue weighted by Crippen LogP contribution is -2.08. The predicted molar refractivity (Wildman–Crippen MR) is 59.0 cm³/mol. The van der Waals surface area contributed by atoms with Crippen LogP contribution in [-0.2, 0) is 0 Å². The molecule has 1 saturated carbocycles. The van der Waals surface area contributed by atoms with E-state index < -0.39 is 0 Å². The summed E-state index contributed by atoms with van der Waals surface area (Å²) >= 11 is 0. The van der Waals surface area contributed by atoms with Gasteiger partial charge in [0.25, 0.3) is 0 Å². The molecule has 1 fully saturated rings. The van der Waals surface area contributed by atoms with Gasteiger partial charge in [-0.25, -0.2) is 4.98 Å². The van der Waals surface area contributed by atoms with Crippen molar-refractivity contribution in [2.45, 2.75) is 38.5 Å². The average molecular weight is 190 g/mol. The summed E-state index contributed by atoms with van der Waals surface area (Å²) < 4.78 is 0. The molecule has 1 atom stereocenters. The first-order chi connectivity index (χ1) is 6.77. The molecule has 1 aromatic rings. The minimum atomic E-state index is 0.570. The number of rotatable bonds is 2. The molecule has 0 saturated heterocycles. The van der Waals surface area contributed by atoms with E-state index in [1.54, 1.807) is 0 Å². The SMILES string of the molecule is CC(c1cccc(N)n1)C1CCCC1. The average Bonchev–Trinajstić information content (AvgIpc) is 2.69.